The highest BCUT2D eigenvalue weighted by Crippen LogP contribution is 2.23. The second kappa shape index (κ2) is 6.61. The molecule has 0 saturated carbocycles. The number of carbonyl (C=O) groups excluding carboxylic acids is 1. The molecule has 1 saturated heterocycles. The van der Waals surface area contributed by atoms with Crippen LogP contribution < -0.4 is 10.6 Å². The topological polar surface area (TPSA) is 58.8 Å². The molecule has 0 atom stereocenters. The van der Waals surface area contributed by atoms with Crippen molar-refractivity contribution >= 4 is 17.3 Å². The molecule has 1 aromatic rings. The minimum absolute atomic E-state index is 0.0689. The van der Waals surface area contributed by atoms with Gasteiger partial charge in [0.05, 0.1) is 17.5 Å². The lowest BCUT2D eigenvalue weighted by atomic mass is 10.2. The van der Waals surface area contributed by atoms with Crippen LogP contribution >= 0.6 is 0 Å². The van der Waals surface area contributed by atoms with Crippen LogP contribution in [0.4, 0.5) is 11.4 Å². The van der Waals surface area contributed by atoms with Crippen LogP contribution in [-0.4, -0.2) is 49.7 Å². The number of anilines is 2. The van der Waals surface area contributed by atoms with Gasteiger partial charge in [0.2, 0.25) is 5.91 Å². The smallest absolute Gasteiger partial charge is 0.248 e. The molecule has 1 amide bonds. The molecule has 1 aliphatic heterocycles. The summed E-state index contributed by atoms with van der Waals surface area (Å²) in [6.45, 7) is 7.09. The van der Waals surface area contributed by atoms with Gasteiger partial charge in [-0.3, -0.25) is 4.79 Å². The number of amides is 1. The van der Waals surface area contributed by atoms with Crippen LogP contribution in [0.25, 0.3) is 0 Å². The maximum atomic E-state index is 12.0. The van der Waals surface area contributed by atoms with E-state index in [0.717, 1.165) is 24.5 Å². The molecule has 5 nitrogen and oxygen atoms in total. The Bertz CT molecular complexity index is 454. The highest BCUT2D eigenvalue weighted by atomic mass is 16.5. The van der Waals surface area contributed by atoms with Crippen molar-refractivity contribution in [1.29, 1.82) is 0 Å². The van der Waals surface area contributed by atoms with Gasteiger partial charge in [-0.2, -0.15) is 0 Å². The Hall–Kier alpha value is -1.75. The molecule has 0 radical (unpaired) electrons. The number of nitrogens with two attached hydrogens (primary N) is 1. The molecule has 5 heteroatoms. The first-order chi connectivity index (χ1) is 9.58. The Morgan fingerprint density at radius 2 is 1.90 bits per heavy atom. The average molecular weight is 277 g/mol. The van der Waals surface area contributed by atoms with Crippen molar-refractivity contribution in [1.82, 2.24) is 4.90 Å². The summed E-state index contributed by atoms with van der Waals surface area (Å²) in [5, 5.41) is 0. The molecule has 20 heavy (non-hydrogen) atoms. The van der Waals surface area contributed by atoms with E-state index in [1.54, 1.807) is 0 Å². The second-order valence-electron chi connectivity index (χ2n) is 5.29. The third-order valence-corrected chi connectivity index (χ3v) is 3.45. The van der Waals surface area contributed by atoms with Crippen LogP contribution in [0, 0.1) is 0 Å². The van der Waals surface area contributed by atoms with Crippen molar-refractivity contribution in [3.8, 4) is 0 Å². The zero-order valence-electron chi connectivity index (χ0n) is 12.2. The van der Waals surface area contributed by atoms with Gasteiger partial charge < -0.3 is 20.3 Å². The predicted molar refractivity (Wildman–Crippen MR) is 80.7 cm³/mol. The van der Waals surface area contributed by atoms with Crippen molar-refractivity contribution in [3.05, 3.63) is 24.3 Å². The quantitative estimate of drug-likeness (QED) is 0.844. The number of benzene rings is 1. The lowest BCUT2D eigenvalue weighted by Crippen LogP contribution is -2.50. The Labute approximate surface area is 120 Å². The van der Waals surface area contributed by atoms with Crippen LogP contribution in [0.1, 0.15) is 13.8 Å². The SMILES string of the molecule is CC(C)OCC(=O)N1CCN(c2ccccc2N)CC1. The summed E-state index contributed by atoms with van der Waals surface area (Å²) in [6.07, 6.45) is 0.0874. The Morgan fingerprint density at radius 1 is 1.25 bits per heavy atom. The maximum Gasteiger partial charge on any atom is 0.248 e. The van der Waals surface area contributed by atoms with Gasteiger partial charge in [0.1, 0.15) is 6.61 Å². The number of hydrogen-bond donors (Lipinski definition) is 1. The van der Waals surface area contributed by atoms with E-state index in [4.69, 9.17) is 10.5 Å². The van der Waals surface area contributed by atoms with Crippen molar-refractivity contribution in [2.75, 3.05) is 43.4 Å². The number of nitrogen functional groups attached to an aromatic ring is 1. The lowest BCUT2D eigenvalue weighted by molar-refractivity contribution is -0.137. The van der Waals surface area contributed by atoms with E-state index < -0.39 is 0 Å². The lowest BCUT2D eigenvalue weighted by Gasteiger charge is -2.36. The number of ether oxygens (including phenoxy) is 1. The van der Waals surface area contributed by atoms with E-state index >= 15 is 0 Å². The molecule has 1 aliphatic rings. The molecule has 1 aromatic carbocycles. The van der Waals surface area contributed by atoms with E-state index in [1.165, 1.54) is 0 Å². The summed E-state index contributed by atoms with van der Waals surface area (Å²) < 4.78 is 5.36. The highest BCUT2D eigenvalue weighted by Gasteiger charge is 2.22. The van der Waals surface area contributed by atoms with Crippen LogP contribution in [0.3, 0.4) is 0 Å². The molecule has 2 N–H and O–H groups in total. The molecule has 110 valence electrons. The van der Waals surface area contributed by atoms with E-state index in [-0.39, 0.29) is 18.6 Å². The molecule has 2 rings (SSSR count). The first-order valence-corrected chi connectivity index (χ1v) is 7.06. The molecule has 0 spiro atoms. The summed E-state index contributed by atoms with van der Waals surface area (Å²) >= 11 is 0. The normalized spacial score (nSPS) is 15.8. The zero-order valence-corrected chi connectivity index (χ0v) is 12.2. The maximum absolute atomic E-state index is 12.0. The fourth-order valence-electron chi connectivity index (χ4n) is 2.30. The largest absolute Gasteiger partial charge is 0.397 e. The number of rotatable bonds is 4. The van der Waals surface area contributed by atoms with Crippen molar-refractivity contribution < 1.29 is 9.53 Å². The Kier molecular flexibility index (Phi) is 4.84. The fourth-order valence-corrected chi connectivity index (χ4v) is 2.30. The number of piperazine rings is 1. The van der Waals surface area contributed by atoms with Crippen molar-refractivity contribution in [2.24, 2.45) is 0 Å². The molecular formula is C15H23N3O2. The van der Waals surface area contributed by atoms with Gasteiger partial charge >= 0.3 is 0 Å². The van der Waals surface area contributed by atoms with E-state index in [9.17, 15) is 4.79 Å². The second-order valence-corrected chi connectivity index (χ2v) is 5.29. The Morgan fingerprint density at radius 3 is 2.50 bits per heavy atom. The van der Waals surface area contributed by atoms with Crippen LogP contribution in [0.5, 0.6) is 0 Å². The number of hydrogen-bond acceptors (Lipinski definition) is 4. The van der Waals surface area contributed by atoms with Crippen molar-refractivity contribution in [2.45, 2.75) is 20.0 Å². The van der Waals surface area contributed by atoms with E-state index in [1.807, 2.05) is 43.0 Å². The molecule has 1 fully saturated rings. The zero-order chi connectivity index (χ0) is 14.5. The summed E-state index contributed by atoms with van der Waals surface area (Å²) in [5.74, 6) is 0.0689. The summed E-state index contributed by atoms with van der Waals surface area (Å²) in [4.78, 5) is 16.1. The van der Waals surface area contributed by atoms with Gasteiger partial charge in [0.15, 0.2) is 0 Å². The van der Waals surface area contributed by atoms with Gasteiger partial charge in [-0.05, 0) is 26.0 Å². The highest BCUT2D eigenvalue weighted by molar-refractivity contribution is 5.78. The van der Waals surface area contributed by atoms with Gasteiger partial charge in [-0.15, -0.1) is 0 Å². The van der Waals surface area contributed by atoms with Gasteiger partial charge in [0.25, 0.3) is 0 Å². The number of para-hydroxylation sites is 2. The minimum atomic E-state index is 0.0689. The first-order valence-electron chi connectivity index (χ1n) is 7.06. The van der Waals surface area contributed by atoms with Gasteiger partial charge in [0, 0.05) is 26.2 Å². The number of nitrogens with zero attached hydrogens (tertiary/aromatic N) is 2. The average Bonchev–Trinajstić information content (AvgIpc) is 2.45. The van der Waals surface area contributed by atoms with Gasteiger partial charge in [-0.25, -0.2) is 0 Å². The molecule has 0 aliphatic carbocycles. The molecular weight excluding hydrogens is 254 g/mol. The third kappa shape index (κ3) is 3.63. The van der Waals surface area contributed by atoms with Crippen LogP contribution in [-0.2, 0) is 9.53 Å². The van der Waals surface area contributed by atoms with Crippen LogP contribution in [0.2, 0.25) is 0 Å². The van der Waals surface area contributed by atoms with E-state index in [2.05, 4.69) is 4.90 Å². The molecule has 0 bridgehead atoms. The minimum Gasteiger partial charge on any atom is -0.397 e. The number of carbonyl (C=O) groups is 1. The monoisotopic (exact) mass is 277 g/mol. The summed E-state index contributed by atoms with van der Waals surface area (Å²) in [6, 6.07) is 7.85. The first kappa shape index (κ1) is 14.7. The molecule has 0 aromatic heterocycles. The standard InChI is InChI=1S/C15H23N3O2/c1-12(2)20-11-15(19)18-9-7-17(8-10-18)14-6-4-3-5-13(14)16/h3-6,12H,7-11,16H2,1-2H3. The van der Waals surface area contributed by atoms with Crippen molar-refractivity contribution in [3.63, 3.8) is 0 Å². The predicted octanol–water partition coefficient (Wildman–Crippen LogP) is 1.34. The van der Waals surface area contributed by atoms with E-state index in [0.29, 0.717) is 13.1 Å². The summed E-state index contributed by atoms with van der Waals surface area (Å²) in [7, 11) is 0. The summed E-state index contributed by atoms with van der Waals surface area (Å²) in [5.41, 5.74) is 7.83. The third-order valence-electron chi connectivity index (χ3n) is 3.45. The molecule has 0 unspecified atom stereocenters. The van der Waals surface area contributed by atoms with Crippen LogP contribution in [0.15, 0.2) is 24.3 Å². The van der Waals surface area contributed by atoms with Gasteiger partial charge in [-0.1, -0.05) is 12.1 Å². The molecule has 1 heterocycles. The fraction of sp³-hybridized carbons (Fsp3) is 0.533. The Balaban J connectivity index is 1.86.